The molecule has 6 rings (SSSR count). The summed E-state index contributed by atoms with van der Waals surface area (Å²) < 4.78 is 41.8. The first kappa shape index (κ1) is 85.8. The van der Waals surface area contributed by atoms with Crippen LogP contribution in [0.2, 0.25) is 5.02 Å². The number of likely N-dealkylation sites (N-methyl/N-ethyl adjacent to an activating group) is 7. The highest BCUT2D eigenvalue weighted by molar-refractivity contribution is 6.31. The topological polar surface area (TPSA) is 290 Å². The number of piperidine rings is 1. The van der Waals surface area contributed by atoms with E-state index in [2.05, 4.69) is 16.0 Å². The Morgan fingerprint density at radius 2 is 1.23 bits per heavy atom. The molecule has 3 aliphatic carbocycles. The molecule has 1 spiro atoms. The summed E-state index contributed by atoms with van der Waals surface area (Å²) >= 11 is 6.18. The number of benzene rings is 1. The lowest BCUT2D eigenvalue weighted by Crippen LogP contribution is -2.64. The van der Waals surface area contributed by atoms with E-state index in [-0.39, 0.29) is 75.5 Å². The molecule has 4 N–H and O–H groups in total. The first-order valence-electron chi connectivity index (χ1n) is 37.9. The largest absolute Gasteiger partial charge is 0.417 e. The Hall–Kier alpha value is -7.10. The number of nitrogens with zero attached hydrogens (tertiary/aromatic N) is 9. The number of aliphatic hydroxyl groups is 1. The van der Waals surface area contributed by atoms with E-state index in [1.165, 1.54) is 79.9 Å². The van der Waals surface area contributed by atoms with Gasteiger partial charge in [0.1, 0.15) is 41.8 Å². The number of carbonyl (C=O) groups is 12. The van der Waals surface area contributed by atoms with Gasteiger partial charge in [0.25, 0.3) is 0 Å². The number of aryl methyl sites for hydroxylation is 1. The number of halogens is 4. The first-order valence-corrected chi connectivity index (χ1v) is 38.3. The van der Waals surface area contributed by atoms with Crippen LogP contribution in [-0.2, 0) is 70.1 Å². The molecule has 0 bridgehead atoms. The van der Waals surface area contributed by atoms with Crippen molar-refractivity contribution in [3.05, 3.63) is 34.3 Å². The van der Waals surface area contributed by atoms with Gasteiger partial charge in [-0.2, -0.15) is 13.2 Å². The molecule has 1 aromatic carbocycles. The predicted molar refractivity (Wildman–Crippen MR) is 386 cm³/mol. The van der Waals surface area contributed by atoms with Crippen LogP contribution >= 0.6 is 11.6 Å². The quantitative estimate of drug-likeness (QED) is 0.130. The summed E-state index contributed by atoms with van der Waals surface area (Å²) in [5.41, 5.74) is -2.43. The lowest BCUT2D eigenvalue weighted by atomic mass is 9.81. The number of likely N-dealkylation sites (tertiary alicyclic amines) is 1. The molecule has 25 nitrogen and oxygen atoms in total. The Kier molecular flexibility index (Phi) is 33.0. The Bertz CT molecular complexity index is 3140. The highest BCUT2D eigenvalue weighted by Crippen LogP contribution is 2.38. The number of unbranched alkanes of at least 4 members (excludes halogenated alkanes) is 2. The standard InChI is InChI=1S/C75H118ClF3N12O13/c1-12-50(4)65-71(102)85(7)47-63(96)83(5)48-64(97)87(9)58(43-51-27-17-13-18-28-51)69(100)84(6)45-60(93)80-56(34-32-52-31-33-54(55(76)42-52)75(77,78)79)68(99)91(39-25-16-26-40-92)46-61(94)82-74(35-21-22-36-74)73(104)89(11)66(53-29-19-14-20-30-53)72(103)88(10)59(70(101)90-37-23-15-24-38-90)44-62(95)86(8)57(41-49(2)3)67(98)81-65/h31,33,42,49-51,53,56-59,65-66,92H,12-30,32,34-41,43-48H2,1-11H3,(H,80,93)(H,81,98)(H,82,94)/t50-,56+,57-,58-,59-,65?,66-/m0/s1. The minimum atomic E-state index is -4.78. The number of amides is 12. The maximum Gasteiger partial charge on any atom is 0.417 e. The van der Waals surface area contributed by atoms with Gasteiger partial charge in [-0.1, -0.05) is 116 Å². The van der Waals surface area contributed by atoms with E-state index in [1.54, 1.807) is 11.8 Å². The van der Waals surface area contributed by atoms with Crippen LogP contribution in [0, 0.1) is 23.7 Å². The van der Waals surface area contributed by atoms with Crippen LogP contribution in [0.5, 0.6) is 0 Å². The van der Waals surface area contributed by atoms with Crippen molar-refractivity contribution in [1.29, 1.82) is 0 Å². The van der Waals surface area contributed by atoms with Crippen molar-refractivity contribution >= 4 is 82.5 Å². The summed E-state index contributed by atoms with van der Waals surface area (Å²) in [4.78, 5) is 191. The zero-order valence-corrected chi connectivity index (χ0v) is 64.2. The summed E-state index contributed by atoms with van der Waals surface area (Å²) in [7, 11) is 9.95. The summed E-state index contributed by atoms with van der Waals surface area (Å²) in [5.74, 6) is -9.11. The third kappa shape index (κ3) is 23.4. The zero-order chi connectivity index (χ0) is 76.9. The van der Waals surface area contributed by atoms with Gasteiger partial charge in [0.15, 0.2) is 0 Å². The zero-order valence-electron chi connectivity index (χ0n) is 63.4. The number of hydrogen-bond donors (Lipinski definition) is 4. The molecule has 1 aromatic rings. The molecule has 0 aromatic heterocycles. The number of rotatable bonds is 16. The molecule has 3 saturated carbocycles. The first-order chi connectivity index (χ1) is 49.1. The second kappa shape index (κ2) is 40.0. The van der Waals surface area contributed by atoms with E-state index in [9.17, 15) is 47.0 Å². The molecule has 2 aliphatic heterocycles. The summed E-state index contributed by atoms with van der Waals surface area (Å²) in [5, 5.41) is 17.9. The fourth-order valence-electron chi connectivity index (χ4n) is 15.6. The van der Waals surface area contributed by atoms with Crippen molar-refractivity contribution < 1.29 is 75.8 Å². The summed E-state index contributed by atoms with van der Waals surface area (Å²) in [6.07, 6.45) is 7.13. The second-order valence-electron chi connectivity index (χ2n) is 30.6. The van der Waals surface area contributed by atoms with Gasteiger partial charge >= 0.3 is 6.18 Å². The maximum absolute atomic E-state index is 15.8. The van der Waals surface area contributed by atoms with E-state index in [1.807, 2.05) is 20.8 Å². The summed E-state index contributed by atoms with van der Waals surface area (Å²) in [6, 6.07) is -4.55. The van der Waals surface area contributed by atoms with Crippen LogP contribution in [0.1, 0.15) is 199 Å². The normalized spacial score (nSPS) is 25.1. The Balaban J connectivity index is 1.46. The maximum atomic E-state index is 15.8. The van der Waals surface area contributed by atoms with Gasteiger partial charge in [0, 0.05) is 75.6 Å². The minimum absolute atomic E-state index is 0.00130. The van der Waals surface area contributed by atoms with E-state index in [0.29, 0.717) is 70.9 Å². The number of alkyl halides is 3. The van der Waals surface area contributed by atoms with Crippen molar-refractivity contribution in [2.24, 2.45) is 23.7 Å². The van der Waals surface area contributed by atoms with Crippen LogP contribution in [0.15, 0.2) is 18.2 Å². The van der Waals surface area contributed by atoms with Crippen molar-refractivity contribution in [2.75, 3.05) is 102 Å². The van der Waals surface area contributed by atoms with Gasteiger partial charge in [-0.15, -0.1) is 0 Å². The monoisotopic (exact) mass is 1490 g/mol. The third-order valence-electron chi connectivity index (χ3n) is 22.3. The Morgan fingerprint density at radius 3 is 1.83 bits per heavy atom. The van der Waals surface area contributed by atoms with Crippen molar-refractivity contribution in [3.63, 3.8) is 0 Å². The second-order valence-corrected chi connectivity index (χ2v) is 31.0. The molecule has 7 atom stereocenters. The Morgan fingerprint density at radius 1 is 0.635 bits per heavy atom. The number of hydrogen-bond acceptors (Lipinski definition) is 13. The fourth-order valence-corrected chi connectivity index (χ4v) is 15.9. The van der Waals surface area contributed by atoms with Gasteiger partial charge < -0.3 is 65.2 Å². The molecule has 104 heavy (non-hydrogen) atoms. The number of carbonyl (C=O) groups excluding carboxylic acids is 12. The van der Waals surface area contributed by atoms with Crippen molar-refractivity contribution in [3.8, 4) is 0 Å². The molecular formula is C75H118ClF3N12O13. The van der Waals surface area contributed by atoms with Crippen LogP contribution in [0.3, 0.4) is 0 Å². The summed E-state index contributed by atoms with van der Waals surface area (Å²) in [6.45, 7) is 5.37. The molecule has 1 unspecified atom stereocenters. The molecule has 29 heteroatoms. The number of nitrogens with one attached hydrogen (secondary N) is 3. The lowest BCUT2D eigenvalue weighted by Gasteiger charge is -2.43. The average Bonchev–Trinajstić information content (AvgIpc) is 1.44. The van der Waals surface area contributed by atoms with E-state index in [0.717, 1.165) is 84.6 Å². The minimum Gasteiger partial charge on any atom is -0.396 e. The molecule has 2 saturated heterocycles. The molecule has 12 amide bonds. The smallest absolute Gasteiger partial charge is 0.396 e. The van der Waals surface area contributed by atoms with Gasteiger partial charge in [0.2, 0.25) is 70.9 Å². The average molecular weight is 1490 g/mol. The molecule has 5 fully saturated rings. The molecular weight excluding hydrogens is 1370 g/mol. The Labute approximate surface area is 618 Å². The van der Waals surface area contributed by atoms with Gasteiger partial charge in [-0.05, 0) is 131 Å². The lowest BCUT2D eigenvalue weighted by molar-refractivity contribution is -0.157. The van der Waals surface area contributed by atoms with Crippen LogP contribution in [-0.4, -0.2) is 264 Å². The van der Waals surface area contributed by atoms with E-state index < -0.39 is 174 Å². The predicted octanol–water partition coefficient (Wildman–Crippen LogP) is 6.42. The molecule has 5 aliphatic rings. The van der Waals surface area contributed by atoms with Crippen LogP contribution in [0.25, 0.3) is 0 Å². The van der Waals surface area contributed by atoms with Gasteiger partial charge in [-0.3, -0.25) is 57.5 Å². The molecule has 2 heterocycles. The molecule has 0 radical (unpaired) electrons. The third-order valence-corrected chi connectivity index (χ3v) is 22.6. The number of aliphatic hydroxyl groups excluding tert-OH is 1. The fraction of sp³-hybridized carbons (Fsp3) is 0.760. The SMILES string of the molecule is CC[C@H](C)C1NC(=O)[C@H](CC(C)C)N(C)C(=O)C[C@@H](C(=O)N2CCCCC2)N(C)C(=O)[C@H](C2CCCCC2)N(C)C(=O)C2(CCCC2)NC(=O)CN(CCCCCO)C(=O)[C@@H](CCc2ccc(C(F)(F)F)c(Cl)c2)NC(=O)CN(C)C(=O)[C@H](CC2CCCCC2)N(C)C(=O)CN(C)C(=O)CN(C)C1=O. The van der Waals surface area contributed by atoms with E-state index >= 15 is 28.8 Å². The molecule has 584 valence electrons. The van der Waals surface area contributed by atoms with Gasteiger partial charge in [0.05, 0.1) is 43.2 Å². The van der Waals surface area contributed by atoms with E-state index in [4.69, 9.17) is 11.6 Å². The van der Waals surface area contributed by atoms with Gasteiger partial charge in [-0.25, -0.2) is 0 Å². The highest BCUT2D eigenvalue weighted by Gasteiger charge is 2.50. The highest BCUT2D eigenvalue weighted by atomic mass is 35.5. The van der Waals surface area contributed by atoms with Crippen LogP contribution in [0.4, 0.5) is 13.2 Å². The van der Waals surface area contributed by atoms with Crippen molar-refractivity contribution in [1.82, 2.24) is 60.0 Å². The van der Waals surface area contributed by atoms with Crippen molar-refractivity contribution in [2.45, 2.75) is 243 Å². The van der Waals surface area contributed by atoms with Crippen LogP contribution < -0.4 is 16.0 Å².